The van der Waals surface area contributed by atoms with Gasteiger partial charge in [0.25, 0.3) is 0 Å². The number of hydrogen-bond donors (Lipinski definition) is 0. The number of hydrogen-bond acceptors (Lipinski definition) is 2. The second-order valence-corrected chi connectivity index (χ2v) is 5.76. The first-order valence-corrected chi connectivity index (χ1v) is 6.43. The predicted octanol–water partition coefficient (Wildman–Crippen LogP) is 3.63. The number of ether oxygens (including phenoxy) is 1. The van der Waals surface area contributed by atoms with Crippen molar-refractivity contribution < 1.29 is 4.74 Å². The Morgan fingerprint density at radius 1 is 1.24 bits per heavy atom. The Morgan fingerprint density at radius 3 is 2.59 bits per heavy atom. The van der Waals surface area contributed by atoms with Crippen LogP contribution in [0.4, 0.5) is 0 Å². The number of methoxy groups -OCH3 is 1. The molecule has 2 nitrogen and oxygen atoms in total. The third kappa shape index (κ3) is 2.47. The Hall–Kier alpha value is -1.02. The molecule has 0 radical (unpaired) electrons. The van der Waals surface area contributed by atoms with Crippen molar-refractivity contribution in [1.82, 2.24) is 4.90 Å². The Balaban J connectivity index is 2.32. The van der Waals surface area contributed by atoms with Crippen molar-refractivity contribution >= 4 is 0 Å². The largest absolute Gasteiger partial charge is 0.496 e. The molecule has 1 saturated heterocycles. The molecule has 94 valence electrons. The summed E-state index contributed by atoms with van der Waals surface area (Å²) in [6.07, 6.45) is 2.51. The summed E-state index contributed by atoms with van der Waals surface area (Å²) in [5.41, 5.74) is 1.56. The Morgan fingerprint density at radius 2 is 1.94 bits per heavy atom. The summed E-state index contributed by atoms with van der Waals surface area (Å²) < 4.78 is 5.49. The van der Waals surface area contributed by atoms with Gasteiger partial charge in [0.2, 0.25) is 0 Å². The van der Waals surface area contributed by atoms with Gasteiger partial charge in [-0.25, -0.2) is 0 Å². The van der Waals surface area contributed by atoms with Crippen LogP contribution < -0.4 is 4.74 Å². The normalized spacial score (nSPS) is 21.8. The summed E-state index contributed by atoms with van der Waals surface area (Å²) >= 11 is 0. The lowest BCUT2D eigenvalue weighted by Gasteiger charge is -2.37. The van der Waals surface area contributed by atoms with Gasteiger partial charge in [-0.2, -0.15) is 0 Å². The topological polar surface area (TPSA) is 12.5 Å². The van der Waals surface area contributed by atoms with Gasteiger partial charge < -0.3 is 4.74 Å². The molecule has 1 heterocycles. The van der Waals surface area contributed by atoms with Gasteiger partial charge in [0.05, 0.1) is 7.11 Å². The molecule has 0 spiro atoms. The van der Waals surface area contributed by atoms with E-state index in [1.165, 1.54) is 24.9 Å². The third-order valence-corrected chi connectivity index (χ3v) is 3.61. The van der Waals surface area contributed by atoms with Crippen LogP contribution in [0.25, 0.3) is 0 Å². The van der Waals surface area contributed by atoms with E-state index >= 15 is 0 Å². The standard InChI is InChI=1S/C15H23NO/c1-15(2,3)16-11-7-9-13(16)12-8-5-6-10-14(12)17-4/h5-6,8,10,13H,7,9,11H2,1-4H3/t13-/m0/s1. The van der Waals surface area contributed by atoms with E-state index in [0.29, 0.717) is 6.04 Å². The Bertz CT molecular complexity index is 381. The van der Waals surface area contributed by atoms with Crippen molar-refractivity contribution in [2.45, 2.75) is 45.2 Å². The first-order valence-electron chi connectivity index (χ1n) is 6.43. The van der Waals surface area contributed by atoms with E-state index in [4.69, 9.17) is 4.74 Å². The van der Waals surface area contributed by atoms with Crippen molar-refractivity contribution in [3.8, 4) is 5.75 Å². The molecule has 17 heavy (non-hydrogen) atoms. The van der Waals surface area contributed by atoms with Crippen LogP contribution in [0.2, 0.25) is 0 Å². The molecule has 0 saturated carbocycles. The highest BCUT2D eigenvalue weighted by molar-refractivity contribution is 5.36. The lowest BCUT2D eigenvalue weighted by Crippen LogP contribution is -2.40. The van der Waals surface area contributed by atoms with Crippen LogP contribution in [0.15, 0.2) is 24.3 Å². The zero-order valence-corrected chi connectivity index (χ0v) is 11.4. The molecule has 0 bridgehead atoms. The molecule has 0 aliphatic carbocycles. The van der Waals surface area contributed by atoms with Crippen LogP contribution in [0.1, 0.15) is 45.2 Å². The van der Waals surface area contributed by atoms with Gasteiger partial charge in [-0.15, -0.1) is 0 Å². The van der Waals surface area contributed by atoms with Gasteiger partial charge in [-0.1, -0.05) is 18.2 Å². The van der Waals surface area contributed by atoms with Crippen molar-refractivity contribution in [3.05, 3.63) is 29.8 Å². The van der Waals surface area contributed by atoms with Crippen LogP contribution in [-0.2, 0) is 0 Å². The molecule has 0 N–H and O–H groups in total. The molecule has 0 aromatic heterocycles. The molecular formula is C15H23NO. The highest BCUT2D eigenvalue weighted by Gasteiger charge is 2.34. The minimum Gasteiger partial charge on any atom is -0.496 e. The van der Waals surface area contributed by atoms with Crippen LogP contribution >= 0.6 is 0 Å². The monoisotopic (exact) mass is 233 g/mol. The maximum atomic E-state index is 5.49. The highest BCUT2D eigenvalue weighted by atomic mass is 16.5. The highest BCUT2D eigenvalue weighted by Crippen LogP contribution is 2.40. The second kappa shape index (κ2) is 4.69. The number of benzene rings is 1. The molecule has 0 unspecified atom stereocenters. The quantitative estimate of drug-likeness (QED) is 0.773. The Kier molecular flexibility index (Phi) is 3.43. The van der Waals surface area contributed by atoms with Crippen LogP contribution in [0.3, 0.4) is 0 Å². The van der Waals surface area contributed by atoms with E-state index in [1.54, 1.807) is 7.11 Å². The maximum absolute atomic E-state index is 5.49. The van der Waals surface area contributed by atoms with Crippen molar-refractivity contribution in [2.24, 2.45) is 0 Å². The van der Waals surface area contributed by atoms with Crippen LogP contribution in [0, 0.1) is 0 Å². The fourth-order valence-electron chi connectivity index (χ4n) is 2.83. The van der Waals surface area contributed by atoms with Crippen molar-refractivity contribution in [2.75, 3.05) is 13.7 Å². The van der Waals surface area contributed by atoms with Gasteiger partial charge in [0.1, 0.15) is 5.75 Å². The molecule has 2 rings (SSSR count). The number of para-hydroxylation sites is 1. The van der Waals surface area contributed by atoms with Crippen LogP contribution in [-0.4, -0.2) is 24.1 Å². The molecule has 2 heteroatoms. The van der Waals surface area contributed by atoms with E-state index in [0.717, 1.165) is 5.75 Å². The van der Waals surface area contributed by atoms with Crippen molar-refractivity contribution in [3.63, 3.8) is 0 Å². The van der Waals surface area contributed by atoms with Gasteiger partial charge in [0.15, 0.2) is 0 Å². The first-order chi connectivity index (χ1) is 8.04. The fourth-order valence-corrected chi connectivity index (χ4v) is 2.83. The molecule has 1 aliphatic rings. The summed E-state index contributed by atoms with van der Waals surface area (Å²) in [5.74, 6) is 1.02. The second-order valence-electron chi connectivity index (χ2n) is 5.76. The average molecular weight is 233 g/mol. The smallest absolute Gasteiger partial charge is 0.123 e. The first kappa shape index (κ1) is 12.4. The number of likely N-dealkylation sites (tertiary alicyclic amines) is 1. The van der Waals surface area contributed by atoms with Gasteiger partial charge in [-0.05, 0) is 46.2 Å². The lowest BCUT2D eigenvalue weighted by atomic mass is 9.98. The van der Waals surface area contributed by atoms with E-state index in [9.17, 15) is 0 Å². The summed E-state index contributed by atoms with van der Waals surface area (Å²) in [7, 11) is 1.76. The SMILES string of the molecule is COc1ccccc1[C@@H]1CCCN1C(C)(C)C. The molecule has 1 aromatic carbocycles. The Labute approximate surface area is 105 Å². The number of nitrogens with zero attached hydrogens (tertiary/aromatic N) is 1. The summed E-state index contributed by atoms with van der Waals surface area (Å²) in [6.45, 7) is 8.06. The molecule has 0 amide bonds. The van der Waals surface area contributed by atoms with Gasteiger partial charge >= 0.3 is 0 Å². The summed E-state index contributed by atoms with van der Waals surface area (Å²) in [5, 5.41) is 0. The lowest BCUT2D eigenvalue weighted by molar-refractivity contribution is 0.120. The summed E-state index contributed by atoms with van der Waals surface area (Å²) in [6, 6.07) is 8.92. The molecule has 1 aliphatic heterocycles. The molecule has 1 fully saturated rings. The zero-order chi connectivity index (χ0) is 12.5. The predicted molar refractivity (Wildman–Crippen MR) is 71.4 cm³/mol. The molecular weight excluding hydrogens is 210 g/mol. The summed E-state index contributed by atoms with van der Waals surface area (Å²) in [4.78, 5) is 2.59. The van der Waals surface area contributed by atoms with E-state index in [1.807, 2.05) is 6.07 Å². The number of rotatable bonds is 2. The fraction of sp³-hybridized carbons (Fsp3) is 0.600. The minimum absolute atomic E-state index is 0.224. The van der Waals surface area contributed by atoms with Crippen LogP contribution in [0.5, 0.6) is 5.75 Å². The average Bonchev–Trinajstić information content (AvgIpc) is 2.77. The van der Waals surface area contributed by atoms with E-state index in [2.05, 4.69) is 43.9 Å². The zero-order valence-electron chi connectivity index (χ0n) is 11.4. The van der Waals surface area contributed by atoms with E-state index < -0.39 is 0 Å². The van der Waals surface area contributed by atoms with Gasteiger partial charge in [0, 0.05) is 17.1 Å². The minimum atomic E-state index is 0.224. The van der Waals surface area contributed by atoms with Crippen molar-refractivity contribution in [1.29, 1.82) is 0 Å². The molecule has 1 aromatic rings. The maximum Gasteiger partial charge on any atom is 0.123 e. The van der Waals surface area contributed by atoms with E-state index in [-0.39, 0.29) is 5.54 Å². The van der Waals surface area contributed by atoms with Gasteiger partial charge in [-0.3, -0.25) is 4.90 Å². The third-order valence-electron chi connectivity index (χ3n) is 3.61. The molecule has 1 atom stereocenters.